The van der Waals surface area contributed by atoms with E-state index in [2.05, 4.69) is 27.2 Å². The minimum absolute atomic E-state index is 0.126. The molecule has 0 bridgehead atoms. The van der Waals surface area contributed by atoms with Gasteiger partial charge in [0, 0.05) is 18.3 Å². The Hall–Kier alpha value is -2.11. The summed E-state index contributed by atoms with van der Waals surface area (Å²) in [5.74, 6) is 0.126. The van der Waals surface area contributed by atoms with Crippen LogP contribution in [0.4, 0.5) is 10.7 Å². The Kier molecular flexibility index (Phi) is 3.61. The van der Waals surface area contributed by atoms with Gasteiger partial charge in [-0.05, 0) is 6.92 Å². The molecule has 0 aliphatic carbocycles. The van der Waals surface area contributed by atoms with Crippen molar-refractivity contribution in [3.05, 3.63) is 34.8 Å². The first-order valence-corrected chi connectivity index (χ1v) is 4.35. The molecule has 0 fully saturated rings. The Morgan fingerprint density at radius 2 is 2.47 bits per heavy atom. The largest absolute Gasteiger partial charge is 0.334 e. The van der Waals surface area contributed by atoms with Crippen molar-refractivity contribution < 1.29 is 4.79 Å². The molecule has 0 aliphatic rings. The topological polar surface area (TPSA) is 86.9 Å². The number of aromatic nitrogens is 2. The molecule has 6 nitrogen and oxygen atoms in total. The van der Waals surface area contributed by atoms with Crippen LogP contribution >= 0.6 is 0 Å². The van der Waals surface area contributed by atoms with Crippen LogP contribution in [0.15, 0.2) is 23.5 Å². The number of hydrogen-bond acceptors (Lipinski definition) is 3. The summed E-state index contributed by atoms with van der Waals surface area (Å²) in [4.78, 5) is 28.5. The summed E-state index contributed by atoms with van der Waals surface area (Å²) in [6, 6.07) is 0.899. The van der Waals surface area contributed by atoms with E-state index in [1.807, 2.05) is 0 Å². The van der Waals surface area contributed by atoms with E-state index in [4.69, 9.17) is 0 Å². The average Bonchev–Trinajstić information content (AvgIpc) is 2.13. The van der Waals surface area contributed by atoms with Crippen molar-refractivity contribution in [3.63, 3.8) is 0 Å². The van der Waals surface area contributed by atoms with Crippen molar-refractivity contribution >= 4 is 12.0 Å². The molecular formula is C9H12N4O2. The highest BCUT2D eigenvalue weighted by Gasteiger charge is 2.02. The molecule has 80 valence electrons. The first kappa shape index (κ1) is 11.0. The maximum atomic E-state index is 11.2. The van der Waals surface area contributed by atoms with E-state index >= 15 is 0 Å². The summed E-state index contributed by atoms with van der Waals surface area (Å²) in [6.07, 6.45) is 1.55. The average molecular weight is 208 g/mol. The second kappa shape index (κ2) is 4.94. The predicted molar refractivity (Wildman–Crippen MR) is 56.8 cm³/mol. The lowest BCUT2D eigenvalue weighted by atomic mass is 10.4. The Labute approximate surface area is 86.4 Å². The molecule has 2 amide bonds. The van der Waals surface area contributed by atoms with Crippen LogP contribution in [0.25, 0.3) is 0 Å². The van der Waals surface area contributed by atoms with Crippen LogP contribution in [-0.2, 0) is 0 Å². The van der Waals surface area contributed by atoms with Gasteiger partial charge in [-0.15, -0.1) is 6.58 Å². The van der Waals surface area contributed by atoms with Crippen LogP contribution in [0, 0.1) is 6.92 Å². The molecule has 0 saturated carbocycles. The third-order valence-electron chi connectivity index (χ3n) is 1.52. The van der Waals surface area contributed by atoms with Crippen LogP contribution in [0.2, 0.25) is 0 Å². The van der Waals surface area contributed by atoms with Crippen molar-refractivity contribution in [2.45, 2.75) is 6.92 Å². The molecule has 6 heteroatoms. The maximum absolute atomic E-state index is 11.2. The van der Waals surface area contributed by atoms with Gasteiger partial charge in [-0.2, -0.15) is 4.98 Å². The van der Waals surface area contributed by atoms with E-state index in [9.17, 15) is 9.59 Å². The van der Waals surface area contributed by atoms with Crippen LogP contribution in [0.1, 0.15) is 5.69 Å². The molecule has 0 aliphatic heterocycles. The molecule has 0 spiro atoms. The van der Waals surface area contributed by atoms with Gasteiger partial charge in [0.1, 0.15) is 0 Å². The highest BCUT2D eigenvalue weighted by Crippen LogP contribution is 1.94. The number of amides is 2. The van der Waals surface area contributed by atoms with Crippen molar-refractivity contribution in [2.75, 3.05) is 11.9 Å². The number of anilines is 1. The second-order valence-electron chi connectivity index (χ2n) is 2.87. The van der Waals surface area contributed by atoms with Gasteiger partial charge in [0.05, 0.1) is 0 Å². The van der Waals surface area contributed by atoms with Crippen LogP contribution in [-0.4, -0.2) is 22.5 Å². The minimum atomic E-state index is -0.441. The Morgan fingerprint density at radius 3 is 3.07 bits per heavy atom. The molecule has 15 heavy (non-hydrogen) atoms. The maximum Gasteiger partial charge on any atom is 0.321 e. The summed E-state index contributed by atoms with van der Waals surface area (Å²) in [7, 11) is 0. The molecule has 1 rings (SSSR count). The van der Waals surface area contributed by atoms with Crippen molar-refractivity contribution in [2.24, 2.45) is 0 Å². The van der Waals surface area contributed by atoms with E-state index in [1.54, 1.807) is 13.0 Å². The SMILES string of the molecule is C=CCNC(=O)Nc1nc(=O)cc(C)[nH]1. The van der Waals surface area contributed by atoms with Gasteiger partial charge in [0.15, 0.2) is 0 Å². The number of aromatic amines is 1. The third-order valence-corrected chi connectivity index (χ3v) is 1.52. The molecular weight excluding hydrogens is 196 g/mol. The summed E-state index contributed by atoms with van der Waals surface area (Å²) in [5.41, 5.74) is 0.235. The summed E-state index contributed by atoms with van der Waals surface area (Å²) in [6.45, 7) is 5.51. The van der Waals surface area contributed by atoms with Crippen LogP contribution in [0.5, 0.6) is 0 Å². The van der Waals surface area contributed by atoms with E-state index in [1.165, 1.54) is 6.07 Å². The van der Waals surface area contributed by atoms with Gasteiger partial charge in [0.25, 0.3) is 5.56 Å². The fourth-order valence-corrected chi connectivity index (χ4v) is 0.954. The molecule has 1 aromatic rings. The van der Waals surface area contributed by atoms with Gasteiger partial charge >= 0.3 is 6.03 Å². The molecule has 1 heterocycles. The summed E-state index contributed by atoms with van der Waals surface area (Å²) in [5, 5.41) is 4.88. The molecule has 0 unspecified atom stereocenters. The van der Waals surface area contributed by atoms with Crippen LogP contribution in [0.3, 0.4) is 0 Å². The monoisotopic (exact) mass is 208 g/mol. The fourth-order valence-electron chi connectivity index (χ4n) is 0.954. The number of hydrogen-bond donors (Lipinski definition) is 3. The normalized spacial score (nSPS) is 9.40. The zero-order valence-corrected chi connectivity index (χ0v) is 8.33. The summed E-state index contributed by atoms with van der Waals surface area (Å²) >= 11 is 0. The fraction of sp³-hybridized carbons (Fsp3) is 0.222. The van der Waals surface area contributed by atoms with Gasteiger partial charge in [-0.3, -0.25) is 10.1 Å². The first-order valence-electron chi connectivity index (χ1n) is 4.35. The zero-order chi connectivity index (χ0) is 11.3. The molecule has 0 saturated heterocycles. The lowest BCUT2D eigenvalue weighted by molar-refractivity contribution is 0.253. The number of nitrogens with one attached hydrogen (secondary N) is 3. The Morgan fingerprint density at radius 1 is 1.73 bits per heavy atom. The smallest absolute Gasteiger partial charge is 0.321 e. The molecule has 1 aromatic heterocycles. The molecule has 0 aromatic carbocycles. The molecule has 0 atom stereocenters. The molecule has 3 N–H and O–H groups in total. The number of carbonyl (C=O) groups excluding carboxylic acids is 1. The predicted octanol–water partition coefficient (Wildman–Crippen LogP) is 0.386. The number of nitrogens with zero attached hydrogens (tertiary/aromatic N) is 1. The Bertz CT molecular complexity index is 424. The van der Waals surface area contributed by atoms with Crippen molar-refractivity contribution in [1.82, 2.24) is 15.3 Å². The van der Waals surface area contributed by atoms with Gasteiger partial charge in [-0.1, -0.05) is 6.08 Å². The second-order valence-corrected chi connectivity index (χ2v) is 2.87. The summed E-state index contributed by atoms with van der Waals surface area (Å²) < 4.78 is 0. The Balaban J connectivity index is 2.68. The van der Waals surface area contributed by atoms with Gasteiger partial charge in [-0.25, -0.2) is 4.79 Å². The number of aryl methyl sites for hydroxylation is 1. The zero-order valence-electron chi connectivity index (χ0n) is 8.33. The quantitative estimate of drug-likeness (QED) is 0.628. The van der Waals surface area contributed by atoms with Crippen molar-refractivity contribution in [1.29, 1.82) is 0 Å². The number of H-pyrrole nitrogens is 1. The lowest BCUT2D eigenvalue weighted by Gasteiger charge is -2.04. The third kappa shape index (κ3) is 3.63. The van der Waals surface area contributed by atoms with E-state index in [0.717, 1.165) is 0 Å². The lowest BCUT2D eigenvalue weighted by Crippen LogP contribution is -2.30. The number of rotatable bonds is 3. The van der Waals surface area contributed by atoms with Crippen LogP contribution < -0.4 is 16.2 Å². The van der Waals surface area contributed by atoms with Gasteiger partial charge < -0.3 is 10.3 Å². The number of urea groups is 1. The number of carbonyl (C=O) groups is 1. The van der Waals surface area contributed by atoms with E-state index in [-0.39, 0.29) is 5.95 Å². The standard InChI is InChI=1S/C9H12N4O2/c1-3-4-10-9(15)13-8-11-6(2)5-7(14)12-8/h3,5H,1,4H2,2H3,(H3,10,11,12,13,14,15). The highest BCUT2D eigenvalue weighted by atomic mass is 16.2. The van der Waals surface area contributed by atoms with E-state index in [0.29, 0.717) is 12.2 Å². The first-order chi connectivity index (χ1) is 7.11. The van der Waals surface area contributed by atoms with Gasteiger partial charge in [0.2, 0.25) is 5.95 Å². The highest BCUT2D eigenvalue weighted by molar-refractivity contribution is 5.87. The van der Waals surface area contributed by atoms with Crippen molar-refractivity contribution in [3.8, 4) is 0 Å². The molecule has 0 radical (unpaired) electrons. The minimum Gasteiger partial charge on any atom is -0.334 e. The van der Waals surface area contributed by atoms with E-state index < -0.39 is 11.6 Å².